The standard InChI is InChI=1S/C22H38O.C3H6O2/c1-16(2)12-10-9-11-13-17-14-18(21(3,4)5)20(23)19(15-17)22(6,7)8;1-2-3(4)5/h14-16,23H,9-13H2,1-8H3;2H2,1H3,(H,4,5). The molecule has 0 heterocycles. The van der Waals surface area contributed by atoms with E-state index in [-0.39, 0.29) is 17.3 Å². The molecule has 1 aromatic rings. The van der Waals surface area contributed by atoms with Gasteiger partial charge in [-0.2, -0.15) is 0 Å². The van der Waals surface area contributed by atoms with Crippen LogP contribution >= 0.6 is 0 Å². The average Bonchev–Trinajstić information content (AvgIpc) is 2.53. The first-order valence-corrected chi connectivity index (χ1v) is 10.8. The summed E-state index contributed by atoms with van der Waals surface area (Å²) in [7, 11) is 0. The zero-order valence-electron chi connectivity index (χ0n) is 19.8. The molecule has 0 atom stereocenters. The molecule has 3 heteroatoms. The molecule has 1 aromatic carbocycles. The first-order valence-electron chi connectivity index (χ1n) is 10.8. The van der Waals surface area contributed by atoms with Gasteiger partial charge in [-0.15, -0.1) is 0 Å². The van der Waals surface area contributed by atoms with E-state index in [1.165, 1.54) is 31.2 Å². The second-order valence-electron chi connectivity index (χ2n) is 10.3. The Hall–Kier alpha value is -1.51. The molecule has 0 spiro atoms. The summed E-state index contributed by atoms with van der Waals surface area (Å²) in [6, 6.07) is 4.46. The fraction of sp³-hybridized carbons (Fsp3) is 0.720. The summed E-state index contributed by atoms with van der Waals surface area (Å²) in [4.78, 5) is 9.37. The smallest absolute Gasteiger partial charge is 0.303 e. The van der Waals surface area contributed by atoms with E-state index in [9.17, 15) is 9.90 Å². The van der Waals surface area contributed by atoms with Crippen molar-refractivity contribution in [1.82, 2.24) is 0 Å². The molecule has 0 radical (unpaired) electrons. The van der Waals surface area contributed by atoms with Crippen molar-refractivity contribution >= 4 is 5.97 Å². The summed E-state index contributed by atoms with van der Waals surface area (Å²) in [5.41, 5.74) is 3.49. The topological polar surface area (TPSA) is 57.5 Å². The van der Waals surface area contributed by atoms with E-state index in [1.54, 1.807) is 6.92 Å². The highest BCUT2D eigenvalue weighted by Gasteiger charge is 2.26. The first kappa shape index (κ1) is 26.5. The summed E-state index contributed by atoms with van der Waals surface area (Å²) in [5, 5.41) is 18.5. The van der Waals surface area contributed by atoms with Crippen molar-refractivity contribution in [1.29, 1.82) is 0 Å². The van der Waals surface area contributed by atoms with Gasteiger partial charge in [0.25, 0.3) is 0 Å². The van der Waals surface area contributed by atoms with Gasteiger partial charge in [0, 0.05) is 6.42 Å². The molecule has 0 bridgehead atoms. The zero-order valence-corrected chi connectivity index (χ0v) is 19.8. The molecule has 0 saturated heterocycles. The lowest BCUT2D eigenvalue weighted by atomic mass is 9.78. The maximum absolute atomic E-state index is 10.8. The van der Waals surface area contributed by atoms with Crippen molar-refractivity contribution in [2.24, 2.45) is 5.92 Å². The number of rotatable bonds is 7. The number of aliphatic carboxylic acids is 1. The number of unbranched alkanes of at least 4 members (excludes halogenated alkanes) is 2. The monoisotopic (exact) mass is 392 g/mol. The average molecular weight is 393 g/mol. The quantitative estimate of drug-likeness (QED) is 0.481. The molecule has 0 amide bonds. The number of carbonyl (C=O) groups is 1. The Bertz CT molecular complexity index is 566. The van der Waals surface area contributed by atoms with Crippen LogP contribution in [0.3, 0.4) is 0 Å². The van der Waals surface area contributed by atoms with E-state index in [4.69, 9.17) is 5.11 Å². The van der Waals surface area contributed by atoms with Gasteiger partial charge in [-0.25, -0.2) is 0 Å². The highest BCUT2D eigenvalue weighted by molar-refractivity contribution is 5.66. The number of carboxylic acids is 1. The fourth-order valence-electron chi connectivity index (χ4n) is 3.04. The summed E-state index contributed by atoms with van der Waals surface area (Å²) in [5.74, 6) is 0.558. The van der Waals surface area contributed by atoms with E-state index >= 15 is 0 Å². The molecule has 162 valence electrons. The van der Waals surface area contributed by atoms with Crippen molar-refractivity contribution < 1.29 is 15.0 Å². The minimum atomic E-state index is -0.745. The Morgan fingerprint density at radius 1 is 0.929 bits per heavy atom. The maximum Gasteiger partial charge on any atom is 0.303 e. The van der Waals surface area contributed by atoms with Crippen LogP contribution in [0.5, 0.6) is 5.75 Å². The number of hydrogen-bond acceptors (Lipinski definition) is 2. The van der Waals surface area contributed by atoms with Gasteiger partial charge in [0.1, 0.15) is 5.75 Å². The summed E-state index contributed by atoms with van der Waals surface area (Å²) in [6.07, 6.45) is 6.54. The SMILES string of the molecule is CC(C)CCCCCc1cc(C(C)(C)C)c(O)c(C(C)(C)C)c1.CCC(=O)O. The van der Waals surface area contributed by atoms with E-state index in [1.807, 2.05) is 0 Å². The number of aromatic hydroxyl groups is 1. The summed E-state index contributed by atoms with van der Waals surface area (Å²) in [6.45, 7) is 19.3. The molecule has 0 aromatic heterocycles. The predicted octanol–water partition coefficient (Wildman–Crippen LogP) is 7.23. The van der Waals surface area contributed by atoms with E-state index in [0.717, 1.165) is 23.5 Å². The molecule has 28 heavy (non-hydrogen) atoms. The van der Waals surface area contributed by atoms with Gasteiger partial charge in [-0.3, -0.25) is 4.79 Å². The third-order valence-corrected chi connectivity index (χ3v) is 4.84. The van der Waals surface area contributed by atoms with Crippen molar-refractivity contribution in [3.8, 4) is 5.75 Å². The molecular formula is C25H44O3. The lowest BCUT2D eigenvalue weighted by Crippen LogP contribution is -2.18. The van der Waals surface area contributed by atoms with Crippen LogP contribution in [-0.2, 0) is 22.0 Å². The van der Waals surface area contributed by atoms with Crippen LogP contribution in [0.15, 0.2) is 12.1 Å². The molecule has 0 aliphatic rings. The highest BCUT2D eigenvalue weighted by atomic mass is 16.4. The van der Waals surface area contributed by atoms with Crippen LogP contribution < -0.4 is 0 Å². The van der Waals surface area contributed by atoms with Gasteiger partial charge in [-0.05, 0) is 46.3 Å². The van der Waals surface area contributed by atoms with Crippen molar-refractivity contribution in [2.75, 3.05) is 0 Å². The summed E-state index contributed by atoms with van der Waals surface area (Å²) >= 11 is 0. The van der Waals surface area contributed by atoms with Gasteiger partial charge in [0.15, 0.2) is 0 Å². The molecule has 0 aliphatic carbocycles. The van der Waals surface area contributed by atoms with Gasteiger partial charge in [0.05, 0.1) is 0 Å². The Morgan fingerprint density at radius 2 is 1.36 bits per heavy atom. The van der Waals surface area contributed by atoms with Crippen LogP contribution in [0.2, 0.25) is 0 Å². The van der Waals surface area contributed by atoms with E-state index in [2.05, 4.69) is 67.5 Å². The predicted molar refractivity (Wildman–Crippen MR) is 120 cm³/mol. The van der Waals surface area contributed by atoms with Crippen LogP contribution in [0.4, 0.5) is 0 Å². The molecular weight excluding hydrogens is 348 g/mol. The molecule has 2 N–H and O–H groups in total. The van der Waals surface area contributed by atoms with Crippen LogP contribution in [-0.4, -0.2) is 16.2 Å². The number of aryl methyl sites for hydroxylation is 1. The Labute approximate surface area is 173 Å². The van der Waals surface area contributed by atoms with Crippen molar-refractivity contribution in [2.45, 2.75) is 112 Å². The second-order valence-corrected chi connectivity index (χ2v) is 10.3. The lowest BCUT2D eigenvalue weighted by molar-refractivity contribution is -0.136. The second kappa shape index (κ2) is 11.5. The molecule has 0 saturated carbocycles. The molecule has 1 rings (SSSR count). The number of benzene rings is 1. The Kier molecular flexibility index (Phi) is 10.9. The van der Waals surface area contributed by atoms with E-state index < -0.39 is 5.97 Å². The molecule has 0 aliphatic heterocycles. The first-order chi connectivity index (χ1) is 12.7. The molecule has 3 nitrogen and oxygen atoms in total. The van der Waals surface area contributed by atoms with E-state index in [0.29, 0.717) is 5.75 Å². The van der Waals surface area contributed by atoms with Gasteiger partial charge in [0.2, 0.25) is 0 Å². The highest BCUT2D eigenvalue weighted by Crippen LogP contribution is 2.40. The van der Waals surface area contributed by atoms with Crippen LogP contribution in [0.25, 0.3) is 0 Å². The molecule has 0 fully saturated rings. The van der Waals surface area contributed by atoms with Gasteiger partial charge in [-0.1, -0.05) is 93.7 Å². The van der Waals surface area contributed by atoms with Crippen molar-refractivity contribution in [3.05, 3.63) is 28.8 Å². The third-order valence-electron chi connectivity index (χ3n) is 4.84. The maximum atomic E-state index is 10.8. The Balaban J connectivity index is 0.00000129. The number of phenolic OH excluding ortho intramolecular Hbond substituents is 1. The van der Waals surface area contributed by atoms with Crippen LogP contribution in [0.1, 0.15) is 111 Å². The zero-order chi connectivity index (χ0) is 22.1. The Morgan fingerprint density at radius 3 is 1.68 bits per heavy atom. The van der Waals surface area contributed by atoms with Gasteiger partial charge < -0.3 is 10.2 Å². The number of carboxylic acid groups (broad SMARTS) is 1. The lowest BCUT2D eigenvalue weighted by Gasteiger charge is -2.28. The van der Waals surface area contributed by atoms with Gasteiger partial charge >= 0.3 is 5.97 Å². The molecule has 0 unspecified atom stereocenters. The fourth-order valence-corrected chi connectivity index (χ4v) is 3.04. The minimum absolute atomic E-state index is 0.0300. The number of hydrogen-bond donors (Lipinski definition) is 2. The third kappa shape index (κ3) is 10.1. The summed E-state index contributed by atoms with van der Waals surface area (Å²) < 4.78 is 0. The van der Waals surface area contributed by atoms with Crippen LogP contribution in [0, 0.1) is 5.92 Å². The minimum Gasteiger partial charge on any atom is -0.507 e. The normalized spacial score (nSPS) is 11.9. The number of phenols is 1. The largest absolute Gasteiger partial charge is 0.507 e. The van der Waals surface area contributed by atoms with Crippen molar-refractivity contribution in [3.63, 3.8) is 0 Å².